The van der Waals surface area contributed by atoms with Crippen molar-refractivity contribution in [2.45, 2.75) is 38.9 Å². The molecule has 3 aromatic carbocycles. The van der Waals surface area contributed by atoms with E-state index in [1.54, 1.807) is 0 Å². The Morgan fingerprint density at radius 2 is 1.44 bits per heavy atom. The molecular weight excluding hydrogens is 445 g/mol. The molecule has 1 saturated heterocycles. The number of para-hydroxylation sites is 2. The van der Waals surface area contributed by atoms with E-state index in [0.717, 1.165) is 28.0 Å². The van der Waals surface area contributed by atoms with Crippen LogP contribution in [0.2, 0.25) is 0 Å². The molecule has 1 fully saturated rings. The van der Waals surface area contributed by atoms with E-state index >= 15 is 0 Å². The molecule has 0 amide bonds. The molecule has 6 rings (SSSR count). The summed E-state index contributed by atoms with van der Waals surface area (Å²) in [6.45, 7) is 13.1. The van der Waals surface area contributed by atoms with Crippen LogP contribution in [0.5, 0.6) is 5.75 Å². The molecule has 0 radical (unpaired) electrons. The van der Waals surface area contributed by atoms with Gasteiger partial charge in [0, 0.05) is 22.0 Å². The molecule has 0 bridgehead atoms. The molecule has 4 nitrogen and oxygen atoms in total. The average Bonchev–Trinajstić information content (AvgIpc) is 3.32. The Morgan fingerprint density at radius 1 is 0.833 bits per heavy atom. The van der Waals surface area contributed by atoms with Gasteiger partial charge in [0.1, 0.15) is 12.4 Å². The van der Waals surface area contributed by atoms with Crippen LogP contribution < -0.4 is 4.74 Å². The van der Waals surface area contributed by atoms with E-state index in [0.29, 0.717) is 6.61 Å². The number of hydrogen-bond acceptors (Lipinski definition) is 3. The van der Waals surface area contributed by atoms with E-state index in [2.05, 4.69) is 106 Å². The molecule has 0 atom stereocenters. The molecule has 2 aliphatic rings. The Kier molecular flexibility index (Phi) is 5.25. The van der Waals surface area contributed by atoms with Gasteiger partial charge in [-0.05, 0) is 75.1 Å². The quantitative estimate of drug-likeness (QED) is 0.285. The van der Waals surface area contributed by atoms with Crippen LogP contribution in [0.15, 0.2) is 97.0 Å². The second kappa shape index (κ2) is 8.26. The molecule has 0 N–H and O–H groups in total. The smallest absolute Gasteiger partial charge is 0.489 e. The zero-order valence-electron chi connectivity index (χ0n) is 21.2. The predicted molar refractivity (Wildman–Crippen MR) is 149 cm³/mol. The summed E-state index contributed by atoms with van der Waals surface area (Å²) in [4.78, 5) is 0. The van der Waals surface area contributed by atoms with Crippen LogP contribution in [0.25, 0.3) is 33.1 Å². The maximum atomic E-state index is 6.33. The fourth-order valence-corrected chi connectivity index (χ4v) is 5.01. The van der Waals surface area contributed by atoms with E-state index in [9.17, 15) is 0 Å². The number of hydrogen-bond donors (Lipinski definition) is 0. The Morgan fingerprint density at radius 3 is 2.08 bits per heavy atom. The topological polar surface area (TPSA) is 32.6 Å². The van der Waals surface area contributed by atoms with Crippen LogP contribution in [0.3, 0.4) is 0 Å². The first-order chi connectivity index (χ1) is 17.2. The molecule has 5 heteroatoms. The molecule has 3 heterocycles. The lowest BCUT2D eigenvalue weighted by atomic mass is 9.76. The number of fused-ring (bicyclic) bond motifs is 4. The van der Waals surface area contributed by atoms with Gasteiger partial charge in [-0.15, -0.1) is 0 Å². The first kappa shape index (κ1) is 22.9. The van der Waals surface area contributed by atoms with Gasteiger partial charge in [-0.25, -0.2) is 0 Å². The maximum absolute atomic E-state index is 6.33. The molecule has 0 saturated carbocycles. The number of ether oxygens (including phenoxy) is 1. The summed E-state index contributed by atoms with van der Waals surface area (Å²) in [5.74, 6) is 0.806. The lowest BCUT2D eigenvalue weighted by molar-refractivity contribution is 0.00578. The van der Waals surface area contributed by atoms with Crippen molar-refractivity contribution in [1.82, 2.24) is 4.57 Å². The Hall–Kier alpha value is -3.54. The van der Waals surface area contributed by atoms with Gasteiger partial charge in [-0.1, -0.05) is 55.1 Å². The van der Waals surface area contributed by atoms with Crippen molar-refractivity contribution >= 4 is 34.5 Å². The molecule has 2 aliphatic heterocycles. The van der Waals surface area contributed by atoms with Crippen LogP contribution >= 0.6 is 0 Å². The zero-order valence-corrected chi connectivity index (χ0v) is 21.2. The van der Waals surface area contributed by atoms with Crippen LogP contribution in [-0.2, 0) is 9.31 Å². The van der Waals surface area contributed by atoms with Crippen molar-refractivity contribution in [2.24, 2.45) is 0 Å². The number of rotatable bonds is 2. The molecule has 4 aromatic rings. The molecule has 36 heavy (non-hydrogen) atoms. The average molecular weight is 475 g/mol. The Labute approximate surface area is 212 Å². The minimum Gasteiger partial charge on any atom is -0.489 e. The van der Waals surface area contributed by atoms with Crippen molar-refractivity contribution < 1.29 is 14.0 Å². The number of allylic oxidation sites excluding steroid dienone is 4. The van der Waals surface area contributed by atoms with Crippen molar-refractivity contribution in [3.05, 3.63) is 103 Å². The lowest BCUT2D eigenvalue weighted by Crippen LogP contribution is -2.41. The van der Waals surface area contributed by atoms with Gasteiger partial charge < -0.3 is 18.6 Å². The van der Waals surface area contributed by atoms with Gasteiger partial charge in [-0.3, -0.25) is 0 Å². The number of benzene rings is 3. The van der Waals surface area contributed by atoms with Gasteiger partial charge in [-0.2, -0.15) is 0 Å². The molecule has 1 aromatic heterocycles. The summed E-state index contributed by atoms with van der Waals surface area (Å²) in [6, 6.07) is 23.4. The van der Waals surface area contributed by atoms with Crippen LogP contribution in [0.1, 0.15) is 33.3 Å². The zero-order chi connectivity index (χ0) is 25.1. The van der Waals surface area contributed by atoms with Gasteiger partial charge >= 0.3 is 7.12 Å². The second-order valence-electron chi connectivity index (χ2n) is 10.5. The normalized spacial score (nSPS) is 21.3. The highest BCUT2D eigenvalue weighted by atomic mass is 16.7. The van der Waals surface area contributed by atoms with E-state index in [1.165, 1.54) is 21.8 Å². The summed E-state index contributed by atoms with van der Waals surface area (Å²) in [6.07, 6.45) is 6.08. The van der Waals surface area contributed by atoms with E-state index in [1.807, 2.05) is 18.2 Å². The second-order valence-corrected chi connectivity index (χ2v) is 10.5. The maximum Gasteiger partial charge on any atom is 0.494 e. The third kappa shape index (κ3) is 3.62. The SMILES string of the molecule is C=C1/C=C(B2OC(C)(C)C(C)(C)O2)\C=C/COc2ccc(-n3c4ccccc4c4ccccc43)cc21. The minimum absolute atomic E-state index is 0.412. The van der Waals surface area contributed by atoms with Crippen LogP contribution in [-0.4, -0.2) is 29.5 Å². The monoisotopic (exact) mass is 475 g/mol. The van der Waals surface area contributed by atoms with E-state index < -0.39 is 18.3 Å². The summed E-state index contributed by atoms with van der Waals surface area (Å²) < 4.78 is 21.1. The third-order valence-corrected chi connectivity index (χ3v) is 7.66. The van der Waals surface area contributed by atoms with Gasteiger partial charge in [0.25, 0.3) is 0 Å². The fraction of sp³-hybridized carbons (Fsp3) is 0.226. The van der Waals surface area contributed by atoms with Crippen molar-refractivity contribution in [3.8, 4) is 11.4 Å². The van der Waals surface area contributed by atoms with E-state index in [4.69, 9.17) is 14.0 Å². The Balaban J connectivity index is 1.46. The number of nitrogens with zero attached hydrogens (tertiary/aromatic N) is 1. The molecule has 180 valence electrons. The Bertz CT molecular complexity index is 1500. The lowest BCUT2D eigenvalue weighted by Gasteiger charge is -2.32. The van der Waals surface area contributed by atoms with Gasteiger partial charge in [0.05, 0.1) is 22.2 Å². The molecule has 0 spiro atoms. The van der Waals surface area contributed by atoms with Gasteiger partial charge in [0.15, 0.2) is 0 Å². The predicted octanol–water partition coefficient (Wildman–Crippen LogP) is 7.30. The third-order valence-electron chi connectivity index (χ3n) is 7.66. The number of aromatic nitrogens is 1. The summed E-state index contributed by atoms with van der Waals surface area (Å²) in [7, 11) is -0.468. The van der Waals surface area contributed by atoms with Crippen molar-refractivity contribution in [2.75, 3.05) is 6.61 Å². The fourth-order valence-electron chi connectivity index (χ4n) is 5.01. The largest absolute Gasteiger partial charge is 0.494 e. The first-order valence-corrected chi connectivity index (χ1v) is 12.4. The highest BCUT2D eigenvalue weighted by Crippen LogP contribution is 2.40. The minimum atomic E-state index is -0.468. The highest BCUT2D eigenvalue weighted by Gasteiger charge is 2.52. The molecule has 0 aliphatic carbocycles. The summed E-state index contributed by atoms with van der Waals surface area (Å²) in [5.41, 5.74) is 5.31. The summed E-state index contributed by atoms with van der Waals surface area (Å²) >= 11 is 0. The highest BCUT2D eigenvalue weighted by molar-refractivity contribution is 6.56. The van der Waals surface area contributed by atoms with Gasteiger partial charge in [0.2, 0.25) is 0 Å². The van der Waals surface area contributed by atoms with E-state index in [-0.39, 0.29) is 0 Å². The van der Waals surface area contributed by atoms with Crippen molar-refractivity contribution in [3.63, 3.8) is 0 Å². The van der Waals surface area contributed by atoms with Crippen molar-refractivity contribution in [1.29, 1.82) is 0 Å². The van der Waals surface area contributed by atoms with Crippen LogP contribution in [0.4, 0.5) is 0 Å². The standard InChI is InChI=1S/C31H30BNO3/c1-21-19-22(32-35-30(2,3)31(4,5)36-32)11-10-18-34-29-17-16-23(20-26(21)29)33-27-14-8-6-12-24(27)25-13-7-9-15-28(25)33/h6-17,19-20H,1,18H2,2-5H3/b11-10-,22-19+. The molecule has 0 unspecified atom stereocenters. The molecular formula is C31H30BNO3. The van der Waals surface area contributed by atoms with Crippen LogP contribution in [0, 0.1) is 0 Å². The summed E-state index contributed by atoms with van der Waals surface area (Å²) in [5, 5.41) is 2.47. The first-order valence-electron chi connectivity index (χ1n) is 12.4.